The molecule has 0 fully saturated rings. The summed E-state index contributed by atoms with van der Waals surface area (Å²) < 4.78 is 37.1. The maximum Gasteiger partial charge on any atom is 0.416 e. The van der Waals surface area contributed by atoms with Gasteiger partial charge in [-0.1, -0.05) is 11.6 Å². The summed E-state index contributed by atoms with van der Waals surface area (Å²) in [6, 6.07) is 1.47. The highest BCUT2D eigenvalue weighted by Gasteiger charge is 2.31. The number of hydrogen-bond donors (Lipinski definition) is 2. The van der Waals surface area contributed by atoms with E-state index in [1.165, 1.54) is 0 Å². The molecule has 4 nitrogen and oxygen atoms in total. The van der Waals surface area contributed by atoms with Crippen LogP contribution in [-0.4, -0.2) is 17.8 Å². The minimum absolute atomic E-state index is 0.0606. The first-order chi connectivity index (χ1) is 8.74. The van der Waals surface area contributed by atoms with Crippen LogP contribution in [0.4, 0.5) is 23.7 Å². The van der Waals surface area contributed by atoms with Crippen molar-refractivity contribution < 1.29 is 22.8 Å². The predicted molar refractivity (Wildman–Crippen MR) is 64.3 cm³/mol. The van der Waals surface area contributed by atoms with Crippen LogP contribution in [0.3, 0.4) is 0 Å². The van der Waals surface area contributed by atoms with Crippen molar-refractivity contribution in [2.75, 3.05) is 11.2 Å². The highest BCUT2D eigenvalue weighted by atomic mass is 35.5. The van der Waals surface area contributed by atoms with Crippen molar-refractivity contribution in [2.45, 2.75) is 6.18 Å². The van der Waals surface area contributed by atoms with Gasteiger partial charge in [0.15, 0.2) is 0 Å². The molecule has 9 heteroatoms. The smallest absolute Gasteiger partial charge is 0.306 e. The minimum atomic E-state index is -4.53. The molecular weight excluding hydrogens is 308 g/mol. The largest absolute Gasteiger partial charge is 0.416 e. The molecule has 0 aliphatic heterocycles. The molecule has 0 aliphatic carbocycles. The third kappa shape index (κ3) is 4.60. The number of halogens is 5. The summed E-state index contributed by atoms with van der Waals surface area (Å²) in [6.45, 7) is 0. The van der Waals surface area contributed by atoms with Gasteiger partial charge in [0.1, 0.15) is 5.88 Å². The van der Waals surface area contributed by atoms with Crippen LogP contribution in [0.1, 0.15) is 5.56 Å². The fourth-order valence-corrected chi connectivity index (χ4v) is 1.40. The van der Waals surface area contributed by atoms with Crippen molar-refractivity contribution >= 4 is 40.8 Å². The molecule has 0 aliphatic rings. The lowest BCUT2D eigenvalue weighted by Gasteiger charge is -2.11. The summed E-state index contributed by atoms with van der Waals surface area (Å²) in [5, 5.41) is 3.67. The highest BCUT2D eigenvalue weighted by Crippen LogP contribution is 2.33. The van der Waals surface area contributed by atoms with Crippen LogP contribution >= 0.6 is 23.2 Å². The van der Waals surface area contributed by atoms with Crippen molar-refractivity contribution in [2.24, 2.45) is 0 Å². The number of rotatable bonds is 2. The molecule has 0 aromatic heterocycles. The molecule has 2 N–H and O–H groups in total. The fourth-order valence-electron chi connectivity index (χ4n) is 1.11. The van der Waals surface area contributed by atoms with Crippen LogP contribution in [0.25, 0.3) is 0 Å². The minimum Gasteiger partial charge on any atom is -0.306 e. The van der Waals surface area contributed by atoms with Crippen LogP contribution in [0, 0.1) is 0 Å². The van der Waals surface area contributed by atoms with Gasteiger partial charge in [-0.3, -0.25) is 10.1 Å². The van der Waals surface area contributed by atoms with E-state index >= 15 is 0 Å². The number of benzene rings is 1. The van der Waals surface area contributed by atoms with Gasteiger partial charge < -0.3 is 5.32 Å². The Kier molecular flexibility index (Phi) is 5.02. The topological polar surface area (TPSA) is 58.2 Å². The zero-order valence-electron chi connectivity index (χ0n) is 9.15. The molecule has 0 spiro atoms. The van der Waals surface area contributed by atoms with Gasteiger partial charge in [0.25, 0.3) is 0 Å². The SMILES string of the molecule is O=C(CCl)NC(=O)Nc1ccc(C(F)(F)F)cc1Cl. The van der Waals surface area contributed by atoms with Gasteiger partial charge in [0, 0.05) is 0 Å². The van der Waals surface area contributed by atoms with Crippen LogP contribution < -0.4 is 10.6 Å². The second-order valence-corrected chi connectivity index (χ2v) is 4.00. The molecule has 0 heterocycles. The number of urea groups is 1. The van der Waals surface area contributed by atoms with E-state index in [0.29, 0.717) is 6.07 Å². The molecule has 1 aromatic carbocycles. The van der Waals surface area contributed by atoms with E-state index < -0.39 is 29.6 Å². The van der Waals surface area contributed by atoms with Crippen molar-refractivity contribution in [1.82, 2.24) is 5.32 Å². The van der Waals surface area contributed by atoms with E-state index in [9.17, 15) is 22.8 Å². The number of carbonyl (C=O) groups is 2. The van der Waals surface area contributed by atoms with E-state index in [-0.39, 0.29) is 10.7 Å². The van der Waals surface area contributed by atoms with E-state index in [1.807, 2.05) is 5.32 Å². The molecule has 0 saturated heterocycles. The van der Waals surface area contributed by atoms with E-state index in [1.54, 1.807) is 0 Å². The normalized spacial score (nSPS) is 11.0. The molecular formula is C10H7Cl2F3N2O2. The lowest BCUT2D eigenvalue weighted by atomic mass is 10.2. The first-order valence-electron chi connectivity index (χ1n) is 4.77. The summed E-state index contributed by atoms with van der Waals surface area (Å²) in [5.74, 6) is -1.17. The summed E-state index contributed by atoms with van der Waals surface area (Å²) in [5.41, 5.74) is -1.00. The third-order valence-corrected chi connectivity index (χ3v) is 2.47. The monoisotopic (exact) mass is 314 g/mol. The Labute approximate surface area is 115 Å². The van der Waals surface area contributed by atoms with Crippen LogP contribution in [0.15, 0.2) is 18.2 Å². The number of carbonyl (C=O) groups excluding carboxylic acids is 2. The molecule has 1 aromatic rings. The first-order valence-corrected chi connectivity index (χ1v) is 5.69. The number of imide groups is 1. The lowest BCUT2D eigenvalue weighted by molar-refractivity contribution is -0.137. The van der Waals surface area contributed by atoms with E-state index in [4.69, 9.17) is 23.2 Å². The van der Waals surface area contributed by atoms with Gasteiger partial charge in [-0.25, -0.2) is 4.79 Å². The zero-order valence-corrected chi connectivity index (χ0v) is 10.7. The van der Waals surface area contributed by atoms with Gasteiger partial charge >= 0.3 is 12.2 Å². The average Bonchev–Trinajstić information content (AvgIpc) is 2.30. The molecule has 3 amide bonds. The Morgan fingerprint density at radius 3 is 2.37 bits per heavy atom. The Balaban J connectivity index is 2.81. The number of nitrogens with one attached hydrogen (secondary N) is 2. The summed E-state index contributed by atoms with van der Waals surface area (Å²) in [4.78, 5) is 22.0. The average molecular weight is 315 g/mol. The number of anilines is 1. The van der Waals surface area contributed by atoms with Crippen molar-refractivity contribution in [3.8, 4) is 0 Å². The van der Waals surface area contributed by atoms with Crippen molar-refractivity contribution in [1.29, 1.82) is 0 Å². The summed E-state index contributed by atoms with van der Waals surface area (Å²) in [6.07, 6.45) is -4.53. The summed E-state index contributed by atoms with van der Waals surface area (Å²) in [7, 11) is 0. The quantitative estimate of drug-likeness (QED) is 0.823. The van der Waals surface area contributed by atoms with Crippen LogP contribution in [0.2, 0.25) is 5.02 Å². The maximum absolute atomic E-state index is 12.4. The Bertz CT molecular complexity index is 506. The predicted octanol–water partition coefficient (Wildman–Crippen LogP) is 3.25. The first kappa shape index (κ1) is 15.6. The molecule has 1 rings (SSSR count). The van der Waals surface area contributed by atoms with Gasteiger partial charge in [-0.2, -0.15) is 13.2 Å². The molecule has 0 radical (unpaired) electrons. The molecule has 104 valence electrons. The van der Waals surface area contributed by atoms with E-state index in [2.05, 4.69) is 5.32 Å². The second-order valence-electron chi connectivity index (χ2n) is 3.33. The van der Waals surface area contributed by atoms with Gasteiger partial charge in [-0.05, 0) is 18.2 Å². The molecule has 0 bridgehead atoms. The van der Waals surface area contributed by atoms with Crippen molar-refractivity contribution in [3.05, 3.63) is 28.8 Å². The molecule has 0 unspecified atom stereocenters. The van der Waals surface area contributed by atoms with Crippen LogP contribution in [0.5, 0.6) is 0 Å². The third-order valence-electron chi connectivity index (χ3n) is 1.92. The zero-order chi connectivity index (χ0) is 14.6. The van der Waals surface area contributed by atoms with E-state index in [0.717, 1.165) is 12.1 Å². The Hall–Kier alpha value is -1.47. The van der Waals surface area contributed by atoms with Gasteiger partial charge in [0.2, 0.25) is 5.91 Å². The fraction of sp³-hybridized carbons (Fsp3) is 0.200. The highest BCUT2D eigenvalue weighted by molar-refractivity contribution is 6.34. The Morgan fingerprint density at radius 2 is 1.89 bits per heavy atom. The van der Waals surface area contributed by atoms with Crippen LogP contribution in [-0.2, 0) is 11.0 Å². The van der Waals surface area contributed by atoms with Gasteiger partial charge in [0.05, 0.1) is 16.3 Å². The summed E-state index contributed by atoms with van der Waals surface area (Å²) >= 11 is 10.8. The Morgan fingerprint density at radius 1 is 1.26 bits per heavy atom. The maximum atomic E-state index is 12.4. The molecule has 0 saturated carbocycles. The number of alkyl halides is 4. The molecule has 19 heavy (non-hydrogen) atoms. The second kappa shape index (κ2) is 6.12. The standard InChI is InChI=1S/C10H7Cl2F3N2O2/c11-4-8(18)17-9(19)16-7-2-1-5(3-6(7)12)10(13,14)15/h1-3H,4H2,(H2,16,17,18,19). The lowest BCUT2D eigenvalue weighted by Crippen LogP contribution is -2.35. The van der Waals surface area contributed by atoms with Gasteiger partial charge in [-0.15, -0.1) is 11.6 Å². The number of amides is 3. The number of hydrogen-bond acceptors (Lipinski definition) is 2. The molecule has 0 atom stereocenters. The van der Waals surface area contributed by atoms with Crippen molar-refractivity contribution in [3.63, 3.8) is 0 Å².